The fraction of sp³-hybridized carbons (Fsp3) is 0.0741. The van der Waals surface area contributed by atoms with E-state index in [1.54, 1.807) is 41.1 Å². The first-order chi connectivity index (χ1) is 16.8. The second kappa shape index (κ2) is 9.69. The highest BCUT2D eigenvalue weighted by atomic mass is 19.4. The van der Waals surface area contributed by atoms with Gasteiger partial charge in [-0.25, -0.2) is 4.79 Å². The van der Waals surface area contributed by atoms with Gasteiger partial charge < -0.3 is 20.1 Å². The predicted octanol–water partition coefficient (Wildman–Crippen LogP) is 5.71. The molecule has 0 aliphatic rings. The summed E-state index contributed by atoms with van der Waals surface area (Å²) in [6.45, 7) is -0.0593. The maximum absolute atomic E-state index is 13.0. The number of aromatic carboxylic acids is 1. The van der Waals surface area contributed by atoms with Gasteiger partial charge in [0.2, 0.25) is 0 Å². The van der Waals surface area contributed by atoms with E-state index >= 15 is 0 Å². The van der Waals surface area contributed by atoms with Crippen molar-refractivity contribution in [2.24, 2.45) is 5.73 Å². The standard InChI is InChI=1S/C27H19F3N2O3/c28-27(29,30)21-5-3-4-18(14-21)17-35-25-7-2-1-6-23(25)24-16-32(15-20(24)12-13-31)22-10-8-19(9-11-22)26(33)34/h1-11,14-16H,17,31H2,(H,33,34). The van der Waals surface area contributed by atoms with Crippen molar-refractivity contribution in [3.05, 3.63) is 107 Å². The molecule has 0 saturated heterocycles. The number of ether oxygens (including phenoxy) is 1. The molecular weight excluding hydrogens is 457 g/mol. The van der Waals surface area contributed by atoms with Gasteiger partial charge in [-0.3, -0.25) is 0 Å². The molecule has 0 atom stereocenters. The lowest BCUT2D eigenvalue weighted by Gasteiger charge is -2.13. The van der Waals surface area contributed by atoms with Crippen LogP contribution in [0.25, 0.3) is 16.8 Å². The smallest absolute Gasteiger partial charge is 0.416 e. The second-order valence-electron chi connectivity index (χ2n) is 7.60. The van der Waals surface area contributed by atoms with Crippen LogP contribution in [-0.4, -0.2) is 15.6 Å². The Morgan fingerprint density at radius 3 is 2.40 bits per heavy atom. The number of halogens is 3. The van der Waals surface area contributed by atoms with Crippen LogP contribution >= 0.6 is 0 Å². The molecule has 1 aromatic heterocycles. The van der Waals surface area contributed by atoms with E-state index in [0.717, 1.165) is 12.1 Å². The lowest BCUT2D eigenvalue weighted by Crippen LogP contribution is -2.06. The Morgan fingerprint density at radius 1 is 0.971 bits per heavy atom. The lowest BCUT2D eigenvalue weighted by atomic mass is 10.0. The van der Waals surface area contributed by atoms with Crippen LogP contribution < -0.4 is 10.5 Å². The number of hydrogen-bond acceptors (Lipinski definition) is 3. The van der Waals surface area contributed by atoms with E-state index in [1.165, 1.54) is 18.2 Å². The minimum Gasteiger partial charge on any atom is -0.488 e. The van der Waals surface area contributed by atoms with Crippen LogP contribution in [0, 0.1) is 12.0 Å². The molecule has 4 rings (SSSR count). The highest BCUT2D eigenvalue weighted by Crippen LogP contribution is 2.35. The number of carboxylic acids is 1. The molecule has 0 spiro atoms. The molecule has 0 bridgehead atoms. The van der Waals surface area contributed by atoms with E-state index in [2.05, 4.69) is 12.0 Å². The van der Waals surface area contributed by atoms with Gasteiger partial charge >= 0.3 is 12.1 Å². The maximum atomic E-state index is 13.0. The summed E-state index contributed by atoms with van der Waals surface area (Å²) in [4.78, 5) is 11.1. The Morgan fingerprint density at radius 2 is 1.71 bits per heavy atom. The number of carbonyl (C=O) groups is 1. The van der Waals surface area contributed by atoms with E-state index in [-0.39, 0.29) is 12.2 Å². The zero-order chi connectivity index (χ0) is 25.0. The van der Waals surface area contributed by atoms with Crippen molar-refractivity contribution in [2.45, 2.75) is 12.8 Å². The van der Waals surface area contributed by atoms with Crippen LogP contribution in [0.3, 0.4) is 0 Å². The summed E-state index contributed by atoms with van der Waals surface area (Å²) >= 11 is 0. The summed E-state index contributed by atoms with van der Waals surface area (Å²) < 4.78 is 46.8. The molecule has 4 aromatic rings. The van der Waals surface area contributed by atoms with Gasteiger partial charge in [-0.05, 0) is 53.9 Å². The Labute approximate surface area is 199 Å². The first kappa shape index (κ1) is 23.5. The van der Waals surface area contributed by atoms with Gasteiger partial charge in [0.05, 0.1) is 16.7 Å². The highest BCUT2D eigenvalue weighted by Gasteiger charge is 2.30. The Kier molecular flexibility index (Phi) is 6.51. The van der Waals surface area contributed by atoms with Gasteiger partial charge in [-0.1, -0.05) is 30.3 Å². The van der Waals surface area contributed by atoms with Crippen LogP contribution in [0.5, 0.6) is 5.75 Å². The molecule has 3 N–H and O–H groups in total. The SMILES string of the molecule is NC#Cc1cn(-c2ccc(C(=O)O)cc2)cc1-c1ccccc1OCc1cccc(C(F)(F)F)c1. The molecule has 0 fully saturated rings. The number of aromatic nitrogens is 1. The quantitative estimate of drug-likeness (QED) is 0.276. The van der Waals surface area contributed by atoms with Gasteiger partial charge in [-0.2, -0.15) is 13.2 Å². The maximum Gasteiger partial charge on any atom is 0.416 e. The lowest BCUT2D eigenvalue weighted by molar-refractivity contribution is -0.137. The number of nitrogens with zero attached hydrogens (tertiary/aromatic N) is 1. The monoisotopic (exact) mass is 476 g/mol. The Hall–Kier alpha value is -4.64. The van der Waals surface area contributed by atoms with Gasteiger partial charge in [0.25, 0.3) is 0 Å². The summed E-state index contributed by atoms with van der Waals surface area (Å²) in [7, 11) is 0. The summed E-state index contributed by atoms with van der Waals surface area (Å²) in [6, 6.07) is 20.8. The zero-order valence-electron chi connectivity index (χ0n) is 18.2. The molecule has 8 heteroatoms. The van der Waals surface area contributed by atoms with Gasteiger partial charge in [0.15, 0.2) is 0 Å². The van der Waals surface area contributed by atoms with Crippen molar-refractivity contribution < 1.29 is 27.8 Å². The van der Waals surface area contributed by atoms with E-state index in [0.29, 0.717) is 33.7 Å². The molecular formula is C27H19F3N2O3. The topological polar surface area (TPSA) is 77.5 Å². The molecule has 35 heavy (non-hydrogen) atoms. The van der Waals surface area contributed by atoms with Crippen LogP contribution in [-0.2, 0) is 12.8 Å². The first-order valence-corrected chi connectivity index (χ1v) is 10.4. The fourth-order valence-electron chi connectivity index (χ4n) is 3.59. The van der Waals surface area contributed by atoms with Crippen molar-refractivity contribution in [1.29, 1.82) is 0 Å². The van der Waals surface area contributed by atoms with Gasteiger partial charge in [0, 0.05) is 35.3 Å². The molecule has 3 aromatic carbocycles. The van der Waals surface area contributed by atoms with Gasteiger partial charge in [0.1, 0.15) is 12.4 Å². The van der Waals surface area contributed by atoms with E-state index < -0.39 is 17.7 Å². The summed E-state index contributed by atoms with van der Waals surface area (Å²) in [6.07, 6.45) is -0.869. The Bertz CT molecular complexity index is 1430. The molecule has 0 unspecified atom stereocenters. The third-order valence-corrected chi connectivity index (χ3v) is 5.27. The molecule has 0 saturated carbocycles. The van der Waals surface area contributed by atoms with Crippen molar-refractivity contribution in [2.75, 3.05) is 0 Å². The van der Waals surface area contributed by atoms with Gasteiger partial charge in [-0.15, -0.1) is 0 Å². The third-order valence-electron chi connectivity index (χ3n) is 5.27. The number of alkyl halides is 3. The van der Waals surface area contributed by atoms with Crippen molar-refractivity contribution in [3.8, 4) is 34.5 Å². The van der Waals surface area contributed by atoms with Crippen LogP contribution in [0.15, 0.2) is 85.2 Å². The average molecular weight is 476 g/mol. The third kappa shape index (κ3) is 5.31. The molecule has 0 amide bonds. The molecule has 1 heterocycles. The molecule has 0 radical (unpaired) electrons. The number of benzene rings is 3. The first-order valence-electron chi connectivity index (χ1n) is 10.4. The highest BCUT2D eigenvalue weighted by molar-refractivity contribution is 5.87. The van der Waals surface area contributed by atoms with E-state index in [9.17, 15) is 18.0 Å². The zero-order valence-corrected chi connectivity index (χ0v) is 18.2. The summed E-state index contributed by atoms with van der Waals surface area (Å²) in [5.41, 5.74) is 7.97. The van der Waals surface area contributed by atoms with Crippen LogP contribution in [0.1, 0.15) is 27.0 Å². The fourth-order valence-corrected chi connectivity index (χ4v) is 3.59. The average Bonchev–Trinajstić information content (AvgIpc) is 3.26. The largest absolute Gasteiger partial charge is 0.488 e. The van der Waals surface area contributed by atoms with E-state index in [4.69, 9.17) is 15.6 Å². The summed E-state index contributed by atoms with van der Waals surface area (Å²) in [5.74, 6) is 2.29. The predicted molar refractivity (Wildman–Crippen MR) is 125 cm³/mol. The normalized spacial score (nSPS) is 10.9. The van der Waals surface area contributed by atoms with Crippen LogP contribution in [0.2, 0.25) is 0 Å². The molecule has 5 nitrogen and oxygen atoms in total. The molecule has 0 aliphatic carbocycles. The van der Waals surface area contributed by atoms with Crippen LogP contribution in [0.4, 0.5) is 13.2 Å². The van der Waals surface area contributed by atoms with Crippen molar-refractivity contribution in [1.82, 2.24) is 4.57 Å². The summed E-state index contributed by atoms with van der Waals surface area (Å²) in [5, 5.41) is 9.12. The minimum atomic E-state index is -4.44. The number of carboxylic acid groups (broad SMARTS) is 1. The number of para-hydroxylation sites is 1. The number of rotatable bonds is 6. The number of nitrogens with two attached hydrogens (primary N) is 1. The molecule has 0 aliphatic heterocycles. The van der Waals surface area contributed by atoms with E-state index in [1.807, 2.05) is 18.3 Å². The van der Waals surface area contributed by atoms with Crippen molar-refractivity contribution >= 4 is 5.97 Å². The Balaban J connectivity index is 1.67. The number of hydrogen-bond donors (Lipinski definition) is 2. The molecule has 176 valence electrons. The second-order valence-corrected chi connectivity index (χ2v) is 7.60. The minimum absolute atomic E-state index is 0.0593. The van der Waals surface area contributed by atoms with Crippen molar-refractivity contribution in [3.63, 3.8) is 0 Å².